The molecule has 4 aromatic rings. The smallest absolute Gasteiger partial charge is 0.243 e. The second kappa shape index (κ2) is 12.1. The fourth-order valence-electron chi connectivity index (χ4n) is 4.87. The van der Waals surface area contributed by atoms with Crippen molar-refractivity contribution in [1.29, 1.82) is 0 Å². The molecule has 4 nitrogen and oxygen atoms in total. The summed E-state index contributed by atoms with van der Waals surface area (Å²) in [4.78, 5) is 29.5. The van der Waals surface area contributed by atoms with Crippen LogP contribution in [-0.2, 0) is 29.0 Å². The summed E-state index contributed by atoms with van der Waals surface area (Å²) in [7, 11) is 0. The number of nitrogens with zero attached hydrogens (tertiary/aromatic N) is 1. The summed E-state index contributed by atoms with van der Waals surface area (Å²) < 4.78 is 0. The molecule has 2 amide bonds. The number of fused-ring (bicyclic) bond motifs is 1. The largest absolute Gasteiger partial charge is 0.350 e. The molecule has 0 aliphatic rings. The highest BCUT2D eigenvalue weighted by atomic mass is 16.2. The first-order chi connectivity index (χ1) is 18.2. The predicted molar refractivity (Wildman–Crippen MR) is 156 cm³/mol. The lowest BCUT2D eigenvalue weighted by Gasteiger charge is -2.34. The molecular weight excluding hydrogens is 468 g/mol. The Morgan fingerprint density at radius 3 is 2.16 bits per heavy atom. The number of carbonyl (C=O) groups is 2. The topological polar surface area (TPSA) is 49.4 Å². The molecule has 4 rings (SSSR count). The quantitative estimate of drug-likeness (QED) is 0.277. The van der Waals surface area contributed by atoms with Crippen LogP contribution in [0.4, 0.5) is 0 Å². The number of amides is 2. The lowest BCUT2D eigenvalue weighted by atomic mass is 9.98. The van der Waals surface area contributed by atoms with Gasteiger partial charge in [0.1, 0.15) is 6.04 Å². The van der Waals surface area contributed by atoms with Gasteiger partial charge in [-0.05, 0) is 67.1 Å². The van der Waals surface area contributed by atoms with Gasteiger partial charge in [-0.1, -0.05) is 97.1 Å². The first kappa shape index (κ1) is 27.1. The van der Waals surface area contributed by atoms with Crippen molar-refractivity contribution in [2.45, 2.75) is 65.1 Å². The summed E-state index contributed by atoms with van der Waals surface area (Å²) in [5.74, 6) is -0.153. The van der Waals surface area contributed by atoms with Crippen molar-refractivity contribution in [1.82, 2.24) is 10.2 Å². The fourth-order valence-corrected chi connectivity index (χ4v) is 4.87. The molecule has 0 fully saturated rings. The van der Waals surface area contributed by atoms with E-state index in [1.54, 1.807) is 4.90 Å². The molecule has 1 N–H and O–H groups in total. The average molecular weight is 507 g/mol. The lowest BCUT2D eigenvalue weighted by molar-refractivity contribution is -0.141. The number of benzene rings is 4. The Morgan fingerprint density at radius 1 is 0.789 bits per heavy atom. The van der Waals surface area contributed by atoms with E-state index in [1.807, 2.05) is 87.5 Å². The van der Waals surface area contributed by atoms with Crippen LogP contribution in [0.2, 0.25) is 0 Å². The van der Waals surface area contributed by atoms with Gasteiger partial charge >= 0.3 is 0 Å². The molecule has 0 aromatic heterocycles. The van der Waals surface area contributed by atoms with E-state index in [9.17, 15) is 9.59 Å². The van der Waals surface area contributed by atoms with E-state index in [0.717, 1.165) is 22.3 Å². The lowest BCUT2D eigenvalue weighted by Crippen LogP contribution is -2.54. The van der Waals surface area contributed by atoms with Crippen LogP contribution in [0, 0.1) is 6.92 Å². The van der Waals surface area contributed by atoms with Crippen molar-refractivity contribution in [3.63, 3.8) is 0 Å². The molecule has 4 heteroatoms. The maximum atomic E-state index is 14.0. The van der Waals surface area contributed by atoms with Gasteiger partial charge in [-0.25, -0.2) is 0 Å². The van der Waals surface area contributed by atoms with E-state index in [1.165, 1.54) is 10.8 Å². The van der Waals surface area contributed by atoms with Gasteiger partial charge < -0.3 is 10.2 Å². The van der Waals surface area contributed by atoms with Gasteiger partial charge in [0.2, 0.25) is 11.8 Å². The molecule has 0 heterocycles. The van der Waals surface area contributed by atoms with Gasteiger partial charge in [-0.2, -0.15) is 0 Å². The maximum Gasteiger partial charge on any atom is 0.243 e. The van der Waals surface area contributed by atoms with E-state index < -0.39 is 11.6 Å². The molecule has 4 aromatic carbocycles. The van der Waals surface area contributed by atoms with Crippen molar-refractivity contribution in [2.75, 3.05) is 0 Å². The fraction of sp³-hybridized carbons (Fsp3) is 0.294. The van der Waals surface area contributed by atoms with Crippen molar-refractivity contribution < 1.29 is 9.59 Å². The SMILES string of the molecule is Cc1ccccc1CN(C(=O)CCc1cccc2ccccc12)C(Cc1ccccc1)C(=O)NC(C)(C)C. The van der Waals surface area contributed by atoms with E-state index >= 15 is 0 Å². The number of aryl methyl sites for hydroxylation is 2. The third-order valence-corrected chi connectivity index (χ3v) is 6.86. The second-order valence-corrected chi connectivity index (χ2v) is 11.0. The van der Waals surface area contributed by atoms with Crippen LogP contribution in [0.3, 0.4) is 0 Å². The molecule has 0 bridgehead atoms. The molecule has 0 saturated carbocycles. The van der Waals surface area contributed by atoms with E-state index in [2.05, 4.69) is 42.6 Å². The first-order valence-corrected chi connectivity index (χ1v) is 13.4. The molecule has 0 radical (unpaired) electrons. The minimum absolute atomic E-state index is 0.0221. The number of carbonyl (C=O) groups excluding carboxylic acids is 2. The van der Waals surface area contributed by atoms with Crippen molar-refractivity contribution >= 4 is 22.6 Å². The molecule has 0 aliphatic heterocycles. The van der Waals surface area contributed by atoms with Crippen LogP contribution in [0.5, 0.6) is 0 Å². The molecular formula is C34H38N2O2. The van der Waals surface area contributed by atoms with Crippen LogP contribution in [0.25, 0.3) is 10.8 Å². The molecule has 1 unspecified atom stereocenters. The average Bonchev–Trinajstić information content (AvgIpc) is 2.90. The highest BCUT2D eigenvalue weighted by Crippen LogP contribution is 2.22. The van der Waals surface area contributed by atoms with Gasteiger partial charge in [0.25, 0.3) is 0 Å². The molecule has 38 heavy (non-hydrogen) atoms. The predicted octanol–water partition coefficient (Wildman–Crippen LogP) is 6.64. The normalized spacial score (nSPS) is 12.2. The number of rotatable bonds is 9. The number of nitrogens with one attached hydrogen (secondary N) is 1. The van der Waals surface area contributed by atoms with Crippen molar-refractivity contribution in [2.24, 2.45) is 0 Å². The monoisotopic (exact) mass is 506 g/mol. The van der Waals surface area contributed by atoms with Gasteiger partial charge in [0.05, 0.1) is 0 Å². The Hall–Kier alpha value is -3.92. The number of hydrogen-bond acceptors (Lipinski definition) is 2. The molecule has 0 spiro atoms. The van der Waals surface area contributed by atoms with Crippen LogP contribution in [0.15, 0.2) is 97.1 Å². The van der Waals surface area contributed by atoms with Gasteiger partial charge in [-0.15, -0.1) is 0 Å². The summed E-state index contributed by atoms with van der Waals surface area (Å²) >= 11 is 0. The summed E-state index contributed by atoms with van der Waals surface area (Å²) in [6, 6.07) is 31.9. The summed E-state index contributed by atoms with van der Waals surface area (Å²) in [6.07, 6.45) is 1.39. The van der Waals surface area contributed by atoms with Gasteiger partial charge in [0, 0.05) is 24.9 Å². The molecule has 0 saturated heterocycles. The van der Waals surface area contributed by atoms with Crippen LogP contribution < -0.4 is 5.32 Å². The van der Waals surface area contributed by atoms with Gasteiger partial charge in [-0.3, -0.25) is 9.59 Å². The summed E-state index contributed by atoms with van der Waals surface area (Å²) in [5.41, 5.74) is 3.91. The Bertz CT molecular complexity index is 1380. The Balaban J connectivity index is 1.67. The Morgan fingerprint density at radius 2 is 1.42 bits per heavy atom. The third kappa shape index (κ3) is 7.10. The highest BCUT2D eigenvalue weighted by molar-refractivity contribution is 5.89. The molecule has 196 valence electrons. The summed E-state index contributed by atoms with van der Waals surface area (Å²) in [6.45, 7) is 8.35. The third-order valence-electron chi connectivity index (χ3n) is 6.86. The van der Waals surface area contributed by atoms with E-state index in [4.69, 9.17) is 0 Å². The van der Waals surface area contributed by atoms with E-state index in [0.29, 0.717) is 25.8 Å². The Labute approximate surface area is 226 Å². The second-order valence-electron chi connectivity index (χ2n) is 11.0. The van der Waals surface area contributed by atoms with Crippen LogP contribution in [0.1, 0.15) is 49.4 Å². The van der Waals surface area contributed by atoms with Crippen LogP contribution >= 0.6 is 0 Å². The molecule has 0 aliphatic carbocycles. The number of hydrogen-bond donors (Lipinski definition) is 1. The first-order valence-electron chi connectivity index (χ1n) is 13.4. The zero-order valence-corrected chi connectivity index (χ0v) is 22.9. The minimum atomic E-state index is -0.628. The molecule has 1 atom stereocenters. The van der Waals surface area contributed by atoms with Crippen molar-refractivity contribution in [3.05, 3.63) is 119 Å². The summed E-state index contributed by atoms with van der Waals surface area (Å²) in [5, 5.41) is 5.47. The Kier molecular flexibility index (Phi) is 8.62. The van der Waals surface area contributed by atoms with Crippen LogP contribution in [-0.4, -0.2) is 28.3 Å². The van der Waals surface area contributed by atoms with E-state index in [-0.39, 0.29) is 11.8 Å². The zero-order valence-electron chi connectivity index (χ0n) is 22.9. The standard InChI is InChI=1S/C34H38N2O2/c1-25-13-8-9-17-29(25)24-36(31(33(38)35-34(2,3)4)23-26-14-6-5-7-15-26)32(37)22-21-28-19-12-18-27-16-10-11-20-30(27)28/h5-20,31H,21-24H2,1-4H3,(H,35,38). The van der Waals surface area contributed by atoms with Gasteiger partial charge in [0.15, 0.2) is 0 Å². The minimum Gasteiger partial charge on any atom is -0.350 e. The highest BCUT2D eigenvalue weighted by Gasteiger charge is 2.32. The zero-order chi connectivity index (χ0) is 27.1. The van der Waals surface area contributed by atoms with Crippen molar-refractivity contribution in [3.8, 4) is 0 Å². The maximum absolute atomic E-state index is 14.0.